The van der Waals surface area contributed by atoms with Crippen molar-refractivity contribution in [3.63, 3.8) is 0 Å². The lowest BCUT2D eigenvalue weighted by Gasteiger charge is -2.39. The number of rotatable bonds is 10. The summed E-state index contributed by atoms with van der Waals surface area (Å²) in [5.74, 6) is 5.85. The third kappa shape index (κ3) is 5.71. The Bertz CT molecular complexity index is 225. The molecule has 0 radical (unpaired) electrons. The summed E-state index contributed by atoms with van der Waals surface area (Å²) >= 11 is 0. The van der Waals surface area contributed by atoms with E-state index in [4.69, 9.17) is 10.6 Å². The van der Waals surface area contributed by atoms with Crippen LogP contribution in [0.15, 0.2) is 0 Å². The molecule has 0 aromatic heterocycles. The molecule has 1 aliphatic rings. The molecule has 1 saturated carbocycles. The quantitative estimate of drug-likeness (QED) is 0.272. The predicted molar refractivity (Wildman–Crippen MR) is 86.5 cm³/mol. The van der Waals surface area contributed by atoms with E-state index in [9.17, 15) is 0 Å². The third-order valence-corrected chi connectivity index (χ3v) is 5.04. The van der Waals surface area contributed by atoms with E-state index in [0.29, 0.717) is 6.04 Å². The van der Waals surface area contributed by atoms with Crippen molar-refractivity contribution in [1.82, 2.24) is 5.43 Å². The highest BCUT2D eigenvalue weighted by Gasteiger charge is 2.38. The predicted octanol–water partition coefficient (Wildman–Crippen LogP) is 4.31. The van der Waals surface area contributed by atoms with Crippen molar-refractivity contribution in [3.05, 3.63) is 0 Å². The molecular weight excluding hydrogens is 248 g/mol. The molecule has 3 nitrogen and oxygen atoms in total. The molecule has 20 heavy (non-hydrogen) atoms. The minimum Gasteiger partial charge on any atom is -0.377 e. The number of nitrogens with one attached hydrogen (secondary N) is 1. The molecule has 0 aromatic rings. The van der Waals surface area contributed by atoms with E-state index in [1.165, 1.54) is 64.2 Å². The molecule has 3 N–H and O–H groups in total. The second-order valence-corrected chi connectivity index (χ2v) is 6.46. The van der Waals surface area contributed by atoms with Gasteiger partial charge in [0.05, 0.1) is 11.6 Å². The van der Waals surface area contributed by atoms with Gasteiger partial charge in [-0.05, 0) is 19.3 Å². The highest BCUT2D eigenvalue weighted by Crippen LogP contribution is 2.34. The Hall–Kier alpha value is -0.120. The van der Waals surface area contributed by atoms with Crippen LogP contribution in [0.25, 0.3) is 0 Å². The molecule has 1 unspecified atom stereocenters. The number of unbranched alkanes of at least 4 members (excludes halogenated alkanes) is 5. The second kappa shape index (κ2) is 10.6. The summed E-state index contributed by atoms with van der Waals surface area (Å²) in [5.41, 5.74) is 3.05. The maximum Gasteiger partial charge on any atom is 0.0844 e. The van der Waals surface area contributed by atoms with Crippen LogP contribution < -0.4 is 11.3 Å². The lowest BCUT2D eigenvalue weighted by molar-refractivity contribution is -0.0553. The Morgan fingerprint density at radius 2 is 1.60 bits per heavy atom. The number of hydrogen-bond acceptors (Lipinski definition) is 3. The molecular formula is C17H36N2O. The van der Waals surface area contributed by atoms with Gasteiger partial charge in [-0.1, -0.05) is 71.1 Å². The average molecular weight is 284 g/mol. The molecule has 0 bridgehead atoms. The number of ether oxygens (including phenoxy) is 1. The van der Waals surface area contributed by atoms with Crippen molar-refractivity contribution in [1.29, 1.82) is 0 Å². The fourth-order valence-corrected chi connectivity index (χ4v) is 3.65. The number of hydrogen-bond donors (Lipinski definition) is 2. The van der Waals surface area contributed by atoms with Gasteiger partial charge >= 0.3 is 0 Å². The molecule has 0 heterocycles. The average Bonchev–Trinajstić information content (AvgIpc) is 2.73. The first-order valence-electron chi connectivity index (χ1n) is 8.80. The molecule has 3 heteroatoms. The maximum atomic E-state index is 5.96. The van der Waals surface area contributed by atoms with Gasteiger partial charge in [0, 0.05) is 7.11 Å². The lowest BCUT2D eigenvalue weighted by atomic mass is 9.83. The Kier molecular flexibility index (Phi) is 9.49. The van der Waals surface area contributed by atoms with Crippen molar-refractivity contribution in [3.8, 4) is 0 Å². The van der Waals surface area contributed by atoms with E-state index < -0.39 is 0 Å². The van der Waals surface area contributed by atoms with Gasteiger partial charge in [0.25, 0.3) is 0 Å². The molecule has 0 aliphatic heterocycles. The SMILES string of the molecule is CCCCCCCCC(NN)C1(OC)CCCCCC1. The van der Waals surface area contributed by atoms with Crippen molar-refractivity contribution in [2.45, 2.75) is 102 Å². The zero-order valence-corrected chi connectivity index (χ0v) is 13.8. The number of methoxy groups -OCH3 is 1. The largest absolute Gasteiger partial charge is 0.377 e. The van der Waals surface area contributed by atoms with Crippen LogP contribution >= 0.6 is 0 Å². The molecule has 1 rings (SSSR count). The zero-order valence-electron chi connectivity index (χ0n) is 13.8. The van der Waals surface area contributed by atoms with Crippen LogP contribution in [-0.4, -0.2) is 18.8 Å². The summed E-state index contributed by atoms with van der Waals surface area (Å²) in [6.07, 6.45) is 16.8. The highest BCUT2D eigenvalue weighted by atomic mass is 16.5. The van der Waals surface area contributed by atoms with Crippen molar-refractivity contribution >= 4 is 0 Å². The smallest absolute Gasteiger partial charge is 0.0844 e. The van der Waals surface area contributed by atoms with Crippen LogP contribution in [0.1, 0.15) is 90.4 Å². The van der Waals surface area contributed by atoms with Gasteiger partial charge < -0.3 is 4.74 Å². The normalized spacial score (nSPS) is 20.6. The third-order valence-electron chi connectivity index (χ3n) is 5.04. The fraction of sp³-hybridized carbons (Fsp3) is 1.00. The van der Waals surface area contributed by atoms with Crippen molar-refractivity contribution in [2.24, 2.45) is 5.84 Å². The summed E-state index contributed by atoms with van der Waals surface area (Å²) in [7, 11) is 1.87. The van der Waals surface area contributed by atoms with Gasteiger partial charge in [-0.3, -0.25) is 11.3 Å². The molecule has 0 saturated heterocycles. The highest BCUT2D eigenvalue weighted by molar-refractivity contribution is 4.93. The summed E-state index contributed by atoms with van der Waals surface area (Å²) in [4.78, 5) is 0. The summed E-state index contributed by atoms with van der Waals surface area (Å²) in [6.45, 7) is 2.27. The Labute approximate surface area is 126 Å². The summed E-state index contributed by atoms with van der Waals surface area (Å²) in [5, 5.41) is 0. The summed E-state index contributed by atoms with van der Waals surface area (Å²) < 4.78 is 5.96. The first-order chi connectivity index (χ1) is 9.79. The van der Waals surface area contributed by atoms with Gasteiger partial charge in [-0.25, -0.2) is 0 Å². The minimum absolute atomic E-state index is 0.0192. The fourth-order valence-electron chi connectivity index (χ4n) is 3.65. The van der Waals surface area contributed by atoms with Crippen LogP contribution in [0.3, 0.4) is 0 Å². The van der Waals surface area contributed by atoms with Crippen LogP contribution in [0.4, 0.5) is 0 Å². The lowest BCUT2D eigenvalue weighted by Crippen LogP contribution is -2.54. The molecule has 1 fully saturated rings. The molecule has 1 atom stereocenters. The zero-order chi connectivity index (χ0) is 14.7. The summed E-state index contributed by atoms with van der Waals surface area (Å²) in [6, 6.07) is 0.316. The van der Waals surface area contributed by atoms with Crippen LogP contribution in [-0.2, 0) is 4.74 Å². The Balaban J connectivity index is 2.37. The van der Waals surface area contributed by atoms with E-state index in [2.05, 4.69) is 12.3 Å². The van der Waals surface area contributed by atoms with Gasteiger partial charge in [-0.15, -0.1) is 0 Å². The monoisotopic (exact) mass is 284 g/mol. The molecule has 0 aromatic carbocycles. The molecule has 0 amide bonds. The van der Waals surface area contributed by atoms with E-state index in [-0.39, 0.29) is 5.60 Å². The maximum absolute atomic E-state index is 5.96. The topological polar surface area (TPSA) is 47.3 Å². The standard InChI is InChI=1S/C17H36N2O/c1-3-4-5-6-7-10-13-16(19-18)17(20-2)14-11-8-9-12-15-17/h16,19H,3-15,18H2,1-2H3. The van der Waals surface area contributed by atoms with Gasteiger partial charge in [0.2, 0.25) is 0 Å². The first kappa shape index (κ1) is 17.9. The van der Waals surface area contributed by atoms with E-state index >= 15 is 0 Å². The minimum atomic E-state index is -0.0192. The van der Waals surface area contributed by atoms with Gasteiger partial charge in [0.15, 0.2) is 0 Å². The molecule has 120 valence electrons. The first-order valence-corrected chi connectivity index (χ1v) is 8.80. The van der Waals surface area contributed by atoms with E-state index in [1.54, 1.807) is 0 Å². The van der Waals surface area contributed by atoms with Crippen LogP contribution in [0, 0.1) is 0 Å². The van der Waals surface area contributed by atoms with E-state index in [0.717, 1.165) is 19.3 Å². The van der Waals surface area contributed by atoms with Gasteiger partial charge in [-0.2, -0.15) is 0 Å². The van der Waals surface area contributed by atoms with Crippen LogP contribution in [0.2, 0.25) is 0 Å². The van der Waals surface area contributed by atoms with Crippen molar-refractivity contribution < 1.29 is 4.74 Å². The Morgan fingerprint density at radius 3 is 2.15 bits per heavy atom. The van der Waals surface area contributed by atoms with Crippen LogP contribution in [0.5, 0.6) is 0 Å². The number of hydrazine groups is 1. The number of nitrogens with two attached hydrogens (primary N) is 1. The van der Waals surface area contributed by atoms with Crippen molar-refractivity contribution in [2.75, 3.05) is 7.11 Å². The van der Waals surface area contributed by atoms with E-state index in [1.807, 2.05) is 7.11 Å². The second-order valence-electron chi connectivity index (χ2n) is 6.46. The molecule has 1 aliphatic carbocycles. The van der Waals surface area contributed by atoms with Gasteiger partial charge in [0.1, 0.15) is 0 Å². The Morgan fingerprint density at radius 1 is 1.00 bits per heavy atom. The molecule has 0 spiro atoms.